The van der Waals surface area contributed by atoms with Gasteiger partial charge in [-0.1, -0.05) is 17.7 Å². The summed E-state index contributed by atoms with van der Waals surface area (Å²) in [5.74, 6) is -1.55. The molecule has 0 aliphatic heterocycles. The molecule has 2 aromatic rings. The van der Waals surface area contributed by atoms with Gasteiger partial charge in [-0.25, -0.2) is 8.78 Å². The normalized spacial score (nSPS) is 10.4. The van der Waals surface area contributed by atoms with E-state index in [1.165, 1.54) is 6.07 Å². The number of nitrogens with one attached hydrogen (secondary N) is 2. The molecule has 0 saturated carbocycles. The third-order valence-corrected chi connectivity index (χ3v) is 3.31. The maximum Gasteiger partial charge on any atom is 0.226 e. The number of carbonyl (C=O) groups excluding carboxylic acids is 1. The number of carbonyl (C=O) groups is 1. The Morgan fingerprint density at radius 2 is 1.91 bits per heavy atom. The Labute approximate surface area is 132 Å². The van der Waals surface area contributed by atoms with Crippen LogP contribution in [0.5, 0.6) is 0 Å². The highest BCUT2D eigenvalue weighted by molar-refractivity contribution is 6.31. The van der Waals surface area contributed by atoms with Crippen molar-refractivity contribution in [1.29, 1.82) is 0 Å². The molecule has 0 aromatic heterocycles. The lowest BCUT2D eigenvalue weighted by Gasteiger charge is -2.10. The van der Waals surface area contributed by atoms with E-state index in [0.717, 1.165) is 17.7 Å². The first kappa shape index (κ1) is 16.2. The van der Waals surface area contributed by atoms with Crippen LogP contribution in [0.1, 0.15) is 12.0 Å². The van der Waals surface area contributed by atoms with Crippen LogP contribution in [-0.4, -0.2) is 12.5 Å². The van der Waals surface area contributed by atoms with Crippen molar-refractivity contribution < 1.29 is 13.6 Å². The lowest BCUT2D eigenvalue weighted by atomic mass is 10.2. The molecule has 6 heteroatoms. The highest BCUT2D eigenvalue weighted by atomic mass is 35.5. The summed E-state index contributed by atoms with van der Waals surface area (Å²) in [7, 11) is 0. The number of rotatable bonds is 5. The van der Waals surface area contributed by atoms with Crippen LogP contribution >= 0.6 is 11.6 Å². The first-order valence-electron chi connectivity index (χ1n) is 6.70. The van der Waals surface area contributed by atoms with Crippen molar-refractivity contribution in [3.8, 4) is 0 Å². The zero-order valence-corrected chi connectivity index (χ0v) is 12.7. The van der Waals surface area contributed by atoms with Crippen molar-refractivity contribution in [2.45, 2.75) is 13.3 Å². The van der Waals surface area contributed by atoms with Gasteiger partial charge in [0, 0.05) is 29.7 Å². The van der Waals surface area contributed by atoms with Crippen molar-refractivity contribution in [3.63, 3.8) is 0 Å². The van der Waals surface area contributed by atoms with Gasteiger partial charge >= 0.3 is 0 Å². The molecule has 0 saturated heterocycles. The fourth-order valence-electron chi connectivity index (χ4n) is 1.89. The Balaban J connectivity index is 1.86. The first-order valence-corrected chi connectivity index (χ1v) is 7.08. The summed E-state index contributed by atoms with van der Waals surface area (Å²) in [4.78, 5) is 11.9. The molecule has 116 valence electrons. The van der Waals surface area contributed by atoms with E-state index in [-0.39, 0.29) is 24.6 Å². The SMILES string of the molecule is Cc1ccc(Cl)cc1NC(=O)CCNc1ccc(F)cc1F. The summed E-state index contributed by atoms with van der Waals surface area (Å²) in [5.41, 5.74) is 1.70. The summed E-state index contributed by atoms with van der Waals surface area (Å²) >= 11 is 5.88. The van der Waals surface area contributed by atoms with Crippen molar-refractivity contribution in [2.24, 2.45) is 0 Å². The molecule has 0 radical (unpaired) electrons. The highest BCUT2D eigenvalue weighted by Gasteiger charge is 2.07. The molecule has 0 atom stereocenters. The minimum absolute atomic E-state index is 0.142. The second-order valence-electron chi connectivity index (χ2n) is 4.81. The molecule has 1 amide bonds. The van der Waals surface area contributed by atoms with Crippen LogP contribution in [0.2, 0.25) is 5.02 Å². The highest BCUT2D eigenvalue weighted by Crippen LogP contribution is 2.20. The summed E-state index contributed by atoms with van der Waals surface area (Å²) in [6.07, 6.45) is 0.142. The molecule has 0 heterocycles. The van der Waals surface area contributed by atoms with Crippen LogP contribution < -0.4 is 10.6 Å². The second kappa shape index (κ2) is 7.22. The molecule has 0 aliphatic carbocycles. The number of benzene rings is 2. The lowest BCUT2D eigenvalue weighted by molar-refractivity contribution is -0.115. The van der Waals surface area contributed by atoms with Gasteiger partial charge in [-0.15, -0.1) is 0 Å². The van der Waals surface area contributed by atoms with Gasteiger partial charge in [-0.2, -0.15) is 0 Å². The molecule has 0 fully saturated rings. The van der Waals surface area contributed by atoms with Gasteiger partial charge in [0.1, 0.15) is 11.6 Å². The van der Waals surface area contributed by atoms with Gasteiger partial charge in [-0.3, -0.25) is 4.79 Å². The Hall–Kier alpha value is -2.14. The predicted octanol–water partition coefficient (Wildman–Crippen LogP) is 4.37. The quantitative estimate of drug-likeness (QED) is 0.857. The number of hydrogen-bond donors (Lipinski definition) is 2. The van der Waals surface area contributed by atoms with Gasteiger partial charge in [0.25, 0.3) is 0 Å². The zero-order valence-electron chi connectivity index (χ0n) is 11.9. The van der Waals surface area contributed by atoms with Crippen LogP contribution in [0.15, 0.2) is 36.4 Å². The topological polar surface area (TPSA) is 41.1 Å². The molecule has 2 aromatic carbocycles. The third-order valence-electron chi connectivity index (χ3n) is 3.07. The van der Waals surface area contributed by atoms with Gasteiger partial charge in [0.15, 0.2) is 0 Å². The van der Waals surface area contributed by atoms with Gasteiger partial charge in [-0.05, 0) is 36.8 Å². The van der Waals surface area contributed by atoms with Gasteiger partial charge < -0.3 is 10.6 Å². The maximum absolute atomic E-state index is 13.4. The average Bonchev–Trinajstić information content (AvgIpc) is 2.45. The van der Waals surface area contributed by atoms with E-state index >= 15 is 0 Å². The third kappa shape index (κ3) is 4.43. The van der Waals surface area contributed by atoms with Crippen LogP contribution in [0.3, 0.4) is 0 Å². The predicted molar refractivity (Wildman–Crippen MR) is 84.3 cm³/mol. The smallest absolute Gasteiger partial charge is 0.226 e. The number of aryl methyl sites for hydroxylation is 1. The molecular weight excluding hydrogens is 310 g/mol. The molecular formula is C16H15ClF2N2O. The molecule has 2 N–H and O–H groups in total. The van der Waals surface area contributed by atoms with E-state index in [9.17, 15) is 13.6 Å². The lowest BCUT2D eigenvalue weighted by Crippen LogP contribution is -2.17. The Morgan fingerprint density at radius 3 is 2.64 bits per heavy atom. The molecule has 0 aliphatic rings. The largest absolute Gasteiger partial charge is 0.382 e. The monoisotopic (exact) mass is 324 g/mol. The van der Waals surface area contributed by atoms with E-state index in [0.29, 0.717) is 10.7 Å². The number of halogens is 3. The summed E-state index contributed by atoms with van der Waals surface area (Å²) in [6.45, 7) is 2.09. The molecule has 2 rings (SSSR count). The van der Waals surface area contributed by atoms with Crippen molar-refractivity contribution in [3.05, 3.63) is 58.6 Å². The fourth-order valence-corrected chi connectivity index (χ4v) is 2.06. The molecule has 0 spiro atoms. The van der Waals surface area contributed by atoms with Crippen LogP contribution in [0.4, 0.5) is 20.2 Å². The van der Waals surface area contributed by atoms with E-state index in [2.05, 4.69) is 10.6 Å². The minimum Gasteiger partial charge on any atom is -0.382 e. The van der Waals surface area contributed by atoms with Crippen LogP contribution in [-0.2, 0) is 4.79 Å². The van der Waals surface area contributed by atoms with Crippen LogP contribution in [0, 0.1) is 18.6 Å². The van der Waals surface area contributed by atoms with Gasteiger partial charge in [0.05, 0.1) is 5.69 Å². The van der Waals surface area contributed by atoms with Crippen molar-refractivity contribution >= 4 is 28.9 Å². The van der Waals surface area contributed by atoms with E-state index in [4.69, 9.17) is 11.6 Å². The van der Waals surface area contributed by atoms with Crippen LogP contribution in [0.25, 0.3) is 0 Å². The minimum atomic E-state index is -0.689. The number of hydrogen-bond acceptors (Lipinski definition) is 2. The zero-order chi connectivity index (χ0) is 16.1. The molecule has 0 bridgehead atoms. The molecule has 22 heavy (non-hydrogen) atoms. The fraction of sp³-hybridized carbons (Fsp3) is 0.188. The van der Waals surface area contributed by atoms with E-state index in [1.54, 1.807) is 12.1 Å². The summed E-state index contributed by atoms with van der Waals surface area (Å²) in [6, 6.07) is 8.46. The van der Waals surface area contributed by atoms with E-state index in [1.807, 2.05) is 13.0 Å². The van der Waals surface area contributed by atoms with Crippen molar-refractivity contribution in [2.75, 3.05) is 17.2 Å². The Kier molecular flexibility index (Phi) is 5.33. The summed E-state index contributed by atoms with van der Waals surface area (Å²) < 4.78 is 26.2. The number of amides is 1. The standard InChI is InChI=1S/C16H15ClF2N2O/c1-10-2-3-11(17)8-15(10)21-16(22)6-7-20-14-5-4-12(18)9-13(14)19/h2-5,8-9,20H,6-7H2,1H3,(H,21,22). The first-order chi connectivity index (χ1) is 10.5. The molecule has 0 unspecified atom stereocenters. The maximum atomic E-state index is 13.4. The Morgan fingerprint density at radius 1 is 1.14 bits per heavy atom. The van der Waals surface area contributed by atoms with Gasteiger partial charge in [0.2, 0.25) is 5.91 Å². The van der Waals surface area contributed by atoms with Crippen molar-refractivity contribution in [1.82, 2.24) is 0 Å². The average molecular weight is 325 g/mol. The van der Waals surface area contributed by atoms with E-state index < -0.39 is 11.6 Å². The second-order valence-corrected chi connectivity index (χ2v) is 5.24. The molecule has 3 nitrogen and oxygen atoms in total. The summed E-state index contributed by atoms with van der Waals surface area (Å²) in [5, 5.41) is 6.03. The number of anilines is 2. The Bertz CT molecular complexity index is 692.